The lowest BCUT2D eigenvalue weighted by Crippen LogP contribution is -1.86. The van der Waals surface area contributed by atoms with E-state index >= 15 is 0 Å². The van der Waals surface area contributed by atoms with E-state index in [0.29, 0.717) is 0 Å². The largest absolute Gasteiger partial charge is 0.356 e. The Labute approximate surface area is 89.1 Å². The molecule has 4 heteroatoms. The first-order valence-corrected chi connectivity index (χ1v) is 5.34. The molecule has 0 radical (unpaired) electrons. The molecule has 0 aromatic carbocycles. The zero-order valence-corrected chi connectivity index (χ0v) is 9.39. The number of nitrogens with one attached hydrogen (secondary N) is 2. The summed E-state index contributed by atoms with van der Waals surface area (Å²) in [7, 11) is 0. The molecule has 4 nitrogen and oxygen atoms in total. The van der Waals surface area contributed by atoms with Gasteiger partial charge in [-0.1, -0.05) is 13.8 Å². The number of aromatic amines is 2. The van der Waals surface area contributed by atoms with Crippen molar-refractivity contribution in [3.05, 3.63) is 23.1 Å². The molecule has 0 unspecified atom stereocenters. The Morgan fingerprint density at radius 3 is 2.53 bits per heavy atom. The summed E-state index contributed by atoms with van der Waals surface area (Å²) in [6.07, 6.45) is 2.07. The Balaban J connectivity index is 2.41. The number of nitrogens with zero attached hydrogens (tertiary/aromatic N) is 2. The van der Waals surface area contributed by atoms with Gasteiger partial charge in [0.05, 0.1) is 5.69 Å². The van der Waals surface area contributed by atoms with E-state index in [-0.39, 0.29) is 0 Å². The number of H-pyrrole nitrogens is 2. The first-order chi connectivity index (χ1) is 7.24. The normalized spacial score (nSPS) is 10.9. The number of aryl methyl sites for hydroxylation is 3. The van der Waals surface area contributed by atoms with Gasteiger partial charge in [-0.05, 0) is 31.4 Å². The van der Waals surface area contributed by atoms with Crippen LogP contribution < -0.4 is 0 Å². The Kier molecular flexibility index (Phi) is 2.58. The van der Waals surface area contributed by atoms with Gasteiger partial charge < -0.3 is 4.98 Å². The van der Waals surface area contributed by atoms with E-state index in [2.05, 4.69) is 40.1 Å². The summed E-state index contributed by atoms with van der Waals surface area (Å²) in [5.41, 5.74) is 3.65. The summed E-state index contributed by atoms with van der Waals surface area (Å²) in [6.45, 7) is 6.22. The minimum atomic E-state index is 0.752. The lowest BCUT2D eigenvalue weighted by atomic mass is 10.1. The third-order valence-corrected chi connectivity index (χ3v) is 2.56. The summed E-state index contributed by atoms with van der Waals surface area (Å²) in [5, 5.41) is 6.99. The molecule has 2 aromatic heterocycles. The molecule has 2 heterocycles. The van der Waals surface area contributed by atoms with Gasteiger partial charge in [-0.2, -0.15) is 5.10 Å². The number of aromatic nitrogens is 4. The van der Waals surface area contributed by atoms with E-state index in [1.54, 1.807) is 0 Å². The summed E-state index contributed by atoms with van der Waals surface area (Å²) < 4.78 is 0. The highest BCUT2D eigenvalue weighted by atomic mass is 15.2. The van der Waals surface area contributed by atoms with Gasteiger partial charge in [-0.3, -0.25) is 5.10 Å². The second kappa shape index (κ2) is 3.88. The van der Waals surface area contributed by atoms with E-state index in [0.717, 1.165) is 30.2 Å². The van der Waals surface area contributed by atoms with Gasteiger partial charge in [0.15, 0.2) is 5.82 Å². The summed E-state index contributed by atoms with van der Waals surface area (Å²) in [4.78, 5) is 7.67. The first kappa shape index (κ1) is 9.96. The Hall–Kier alpha value is -1.58. The molecule has 0 aliphatic carbocycles. The van der Waals surface area contributed by atoms with E-state index in [4.69, 9.17) is 0 Å². The SMILES string of the molecule is CCc1cc(-c2n[nH]c(C)n2)[nH]c1CC. The minimum Gasteiger partial charge on any atom is -0.356 e. The van der Waals surface area contributed by atoms with Gasteiger partial charge in [-0.25, -0.2) is 4.98 Å². The second-order valence-electron chi connectivity index (χ2n) is 3.64. The topological polar surface area (TPSA) is 57.4 Å². The predicted molar refractivity (Wildman–Crippen MR) is 59.7 cm³/mol. The molecule has 0 atom stereocenters. The van der Waals surface area contributed by atoms with Crippen LogP contribution in [0.1, 0.15) is 30.9 Å². The molecule has 0 spiro atoms. The standard InChI is InChI=1S/C11H16N4/c1-4-8-6-10(13-9(8)5-2)11-12-7(3)14-15-11/h6,13H,4-5H2,1-3H3,(H,12,14,15). The molecule has 0 aliphatic heterocycles. The molecule has 2 N–H and O–H groups in total. The molecule has 0 saturated carbocycles. The number of hydrogen-bond donors (Lipinski definition) is 2. The average Bonchev–Trinajstić information content (AvgIpc) is 2.82. The lowest BCUT2D eigenvalue weighted by molar-refractivity contribution is 0.999. The quantitative estimate of drug-likeness (QED) is 0.805. The molecule has 0 fully saturated rings. The molecular formula is C11H16N4. The van der Waals surface area contributed by atoms with Crippen molar-refractivity contribution in [2.24, 2.45) is 0 Å². The predicted octanol–water partition coefficient (Wildman–Crippen LogP) is 2.23. The monoisotopic (exact) mass is 204 g/mol. The smallest absolute Gasteiger partial charge is 0.197 e. The van der Waals surface area contributed by atoms with Crippen molar-refractivity contribution in [2.45, 2.75) is 33.6 Å². The van der Waals surface area contributed by atoms with Gasteiger partial charge in [0, 0.05) is 5.69 Å². The van der Waals surface area contributed by atoms with Crippen LogP contribution >= 0.6 is 0 Å². The molecule has 15 heavy (non-hydrogen) atoms. The van der Waals surface area contributed by atoms with Gasteiger partial charge in [0.1, 0.15) is 5.82 Å². The first-order valence-electron chi connectivity index (χ1n) is 5.34. The van der Waals surface area contributed by atoms with E-state index < -0.39 is 0 Å². The molecule has 2 aromatic rings. The van der Waals surface area contributed by atoms with Crippen molar-refractivity contribution in [1.82, 2.24) is 20.2 Å². The Bertz CT molecular complexity index is 431. The van der Waals surface area contributed by atoms with Crippen molar-refractivity contribution in [3.63, 3.8) is 0 Å². The lowest BCUT2D eigenvalue weighted by Gasteiger charge is -1.94. The van der Waals surface area contributed by atoms with Crippen molar-refractivity contribution in [3.8, 4) is 11.5 Å². The highest BCUT2D eigenvalue weighted by Crippen LogP contribution is 2.19. The van der Waals surface area contributed by atoms with Crippen molar-refractivity contribution in [2.75, 3.05) is 0 Å². The van der Waals surface area contributed by atoms with E-state index in [1.165, 1.54) is 11.3 Å². The zero-order valence-electron chi connectivity index (χ0n) is 9.39. The maximum absolute atomic E-state index is 4.31. The Morgan fingerprint density at radius 1 is 1.27 bits per heavy atom. The van der Waals surface area contributed by atoms with Crippen LogP contribution in [0, 0.1) is 6.92 Å². The summed E-state index contributed by atoms with van der Waals surface area (Å²) >= 11 is 0. The molecule has 2 rings (SSSR count). The molecular weight excluding hydrogens is 188 g/mol. The molecule has 80 valence electrons. The van der Waals surface area contributed by atoms with Crippen LogP contribution in [0.2, 0.25) is 0 Å². The highest BCUT2D eigenvalue weighted by Gasteiger charge is 2.09. The maximum atomic E-state index is 4.31. The van der Waals surface area contributed by atoms with E-state index in [9.17, 15) is 0 Å². The molecule has 0 bridgehead atoms. The van der Waals surface area contributed by atoms with Gasteiger partial charge in [0.2, 0.25) is 0 Å². The molecule has 0 aliphatic rings. The summed E-state index contributed by atoms with van der Waals surface area (Å²) in [5.74, 6) is 1.59. The molecule has 0 saturated heterocycles. The van der Waals surface area contributed by atoms with Crippen LogP contribution in [0.15, 0.2) is 6.07 Å². The van der Waals surface area contributed by atoms with Gasteiger partial charge >= 0.3 is 0 Å². The van der Waals surface area contributed by atoms with Crippen LogP contribution in [-0.4, -0.2) is 20.2 Å². The number of rotatable bonds is 3. The van der Waals surface area contributed by atoms with Crippen LogP contribution in [0.25, 0.3) is 11.5 Å². The highest BCUT2D eigenvalue weighted by molar-refractivity contribution is 5.52. The zero-order chi connectivity index (χ0) is 10.8. The molecule has 0 amide bonds. The number of hydrogen-bond acceptors (Lipinski definition) is 2. The second-order valence-corrected chi connectivity index (χ2v) is 3.64. The van der Waals surface area contributed by atoms with Crippen molar-refractivity contribution in [1.29, 1.82) is 0 Å². The van der Waals surface area contributed by atoms with Crippen LogP contribution in [0.3, 0.4) is 0 Å². The minimum absolute atomic E-state index is 0.752. The third-order valence-electron chi connectivity index (χ3n) is 2.56. The fourth-order valence-electron chi connectivity index (χ4n) is 1.75. The van der Waals surface area contributed by atoms with Gasteiger partial charge in [-0.15, -0.1) is 0 Å². The van der Waals surface area contributed by atoms with Crippen LogP contribution in [-0.2, 0) is 12.8 Å². The third kappa shape index (κ3) is 1.79. The van der Waals surface area contributed by atoms with Crippen LogP contribution in [0.4, 0.5) is 0 Å². The van der Waals surface area contributed by atoms with E-state index in [1.807, 2.05) is 6.92 Å². The van der Waals surface area contributed by atoms with Gasteiger partial charge in [0.25, 0.3) is 0 Å². The Morgan fingerprint density at radius 2 is 2.07 bits per heavy atom. The maximum Gasteiger partial charge on any atom is 0.197 e. The van der Waals surface area contributed by atoms with Crippen LogP contribution in [0.5, 0.6) is 0 Å². The fourth-order valence-corrected chi connectivity index (χ4v) is 1.75. The average molecular weight is 204 g/mol. The fraction of sp³-hybridized carbons (Fsp3) is 0.455. The van der Waals surface area contributed by atoms with Crippen molar-refractivity contribution < 1.29 is 0 Å². The van der Waals surface area contributed by atoms with Crippen molar-refractivity contribution >= 4 is 0 Å². The summed E-state index contributed by atoms with van der Waals surface area (Å²) in [6, 6.07) is 2.14.